The van der Waals surface area contributed by atoms with Crippen molar-refractivity contribution in [2.24, 2.45) is 0 Å². The van der Waals surface area contributed by atoms with Crippen LogP contribution in [0.15, 0.2) is 53.4 Å². The van der Waals surface area contributed by atoms with Gasteiger partial charge in [0.05, 0.1) is 17.6 Å². The Hall–Kier alpha value is -2.25. The standard InChI is InChI=1S/C18H16N2OS/c1-20(11-14-6-4-5-13(9-14)10-19)18(21)16-12-22-17-8-3-2-7-15(16)17/h2-9,16H,11-12H2,1H3/t16-/m1/s1. The van der Waals surface area contributed by atoms with Crippen LogP contribution in [0.5, 0.6) is 0 Å². The van der Waals surface area contributed by atoms with Gasteiger partial charge in [0.25, 0.3) is 0 Å². The highest BCUT2D eigenvalue weighted by atomic mass is 32.2. The van der Waals surface area contributed by atoms with Gasteiger partial charge in [0, 0.05) is 24.2 Å². The number of nitrogens with zero attached hydrogens (tertiary/aromatic N) is 2. The molecular weight excluding hydrogens is 292 g/mol. The molecule has 1 amide bonds. The number of hydrogen-bond donors (Lipinski definition) is 0. The Morgan fingerprint density at radius 1 is 1.32 bits per heavy atom. The molecule has 1 atom stereocenters. The van der Waals surface area contributed by atoms with Crippen LogP contribution in [-0.4, -0.2) is 23.6 Å². The van der Waals surface area contributed by atoms with Crippen LogP contribution in [0, 0.1) is 11.3 Å². The molecule has 0 aliphatic carbocycles. The smallest absolute Gasteiger partial charge is 0.231 e. The van der Waals surface area contributed by atoms with E-state index in [2.05, 4.69) is 12.1 Å². The molecule has 0 radical (unpaired) electrons. The minimum atomic E-state index is -0.0645. The zero-order valence-electron chi connectivity index (χ0n) is 12.3. The second-order valence-electron chi connectivity index (χ2n) is 5.41. The van der Waals surface area contributed by atoms with Crippen molar-refractivity contribution in [1.29, 1.82) is 5.26 Å². The number of hydrogen-bond acceptors (Lipinski definition) is 3. The first-order valence-electron chi connectivity index (χ1n) is 7.15. The molecular formula is C18H16N2OS. The van der Waals surface area contributed by atoms with Crippen LogP contribution in [0.4, 0.5) is 0 Å². The lowest BCUT2D eigenvalue weighted by atomic mass is 10.00. The quantitative estimate of drug-likeness (QED) is 0.873. The molecule has 4 heteroatoms. The molecule has 1 aliphatic rings. The summed E-state index contributed by atoms with van der Waals surface area (Å²) in [7, 11) is 1.83. The SMILES string of the molecule is CN(Cc1cccc(C#N)c1)C(=O)[C@@H]1CSc2ccccc21. The number of amides is 1. The summed E-state index contributed by atoms with van der Waals surface area (Å²) in [5.74, 6) is 0.881. The van der Waals surface area contributed by atoms with E-state index in [0.717, 1.165) is 16.9 Å². The van der Waals surface area contributed by atoms with Gasteiger partial charge in [-0.1, -0.05) is 30.3 Å². The average molecular weight is 308 g/mol. The Balaban J connectivity index is 1.74. The second kappa shape index (κ2) is 6.25. The average Bonchev–Trinajstić information content (AvgIpc) is 2.98. The number of nitriles is 1. The second-order valence-corrected chi connectivity index (χ2v) is 6.47. The van der Waals surface area contributed by atoms with Crippen LogP contribution >= 0.6 is 11.8 Å². The van der Waals surface area contributed by atoms with Gasteiger partial charge in [0.2, 0.25) is 5.91 Å². The van der Waals surface area contributed by atoms with Crippen molar-refractivity contribution >= 4 is 17.7 Å². The van der Waals surface area contributed by atoms with Crippen molar-refractivity contribution in [1.82, 2.24) is 4.90 Å². The monoisotopic (exact) mass is 308 g/mol. The number of carbonyl (C=O) groups excluding carboxylic acids is 1. The number of carbonyl (C=O) groups is 1. The molecule has 2 aromatic rings. The molecule has 3 nitrogen and oxygen atoms in total. The van der Waals surface area contributed by atoms with E-state index in [0.29, 0.717) is 12.1 Å². The first kappa shape index (κ1) is 14.7. The minimum Gasteiger partial charge on any atom is -0.341 e. The summed E-state index contributed by atoms with van der Waals surface area (Å²) in [6, 6.07) is 17.7. The fourth-order valence-corrected chi connectivity index (χ4v) is 3.94. The maximum Gasteiger partial charge on any atom is 0.231 e. The third kappa shape index (κ3) is 2.86. The summed E-state index contributed by atoms with van der Waals surface area (Å²) >= 11 is 1.74. The maximum absolute atomic E-state index is 12.7. The lowest BCUT2D eigenvalue weighted by Crippen LogP contribution is -2.31. The Morgan fingerprint density at radius 2 is 2.14 bits per heavy atom. The normalized spacial score (nSPS) is 15.9. The van der Waals surface area contributed by atoms with Gasteiger partial charge in [-0.2, -0.15) is 5.26 Å². The summed E-state index contributed by atoms with van der Waals surface area (Å²) < 4.78 is 0. The number of benzene rings is 2. The zero-order valence-corrected chi connectivity index (χ0v) is 13.1. The molecule has 0 saturated carbocycles. The van der Waals surface area contributed by atoms with E-state index in [1.54, 1.807) is 22.7 Å². The minimum absolute atomic E-state index is 0.0645. The highest BCUT2D eigenvalue weighted by molar-refractivity contribution is 7.99. The molecule has 110 valence electrons. The van der Waals surface area contributed by atoms with Crippen LogP contribution in [0.2, 0.25) is 0 Å². The van der Waals surface area contributed by atoms with E-state index in [9.17, 15) is 4.79 Å². The summed E-state index contributed by atoms with van der Waals surface area (Å²) in [6.45, 7) is 0.525. The Labute approximate surface area is 134 Å². The molecule has 0 unspecified atom stereocenters. The number of fused-ring (bicyclic) bond motifs is 1. The molecule has 0 saturated heterocycles. The fraction of sp³-hybridized carbons (Fsp3) is 0.222. The van der Waals surface area contributed by atoms with Crippen molar-refractivity contribution in [3.8, 4) is 6.07 Å². The van der Waals surface area contributed by atoms with E-state index >= 15 is 0 Å². The largest absolute Gasteiger partial charge is 0.341 e. The number of likely N-dealkylation sites (N-methyl/N-ethyl adjacent to an activating group) is 1. The molecule has 22 heavy (non-hydrogen) atoms. The van der Waals surface area contributed by atoms with Gasteiger partial charge in [0.15, 0.2) is 0 Å². The van der Waals surface area contributed by atoms with Crippen molar-refractivity contribution in [2.75, 3.05) is 12.8 Å². The van der Waals surface area contributed by atoms with Crippen molar-refractivity contribution in [3.63, 3.8) is 0 Å². The van der Waals surface area contributed by atoms with Gasteiger partial charge < -0.3 is 4.90 Å². The van der Waals surface area contributed by atoms with Gasteiger partial charge >= 0.3 is 0 Å². The molecule has 0 spiro atoms. The van der Waals surface area contributed by atoms with E-state index < -0.39 is 0 Å². The molecule has 1 aliphatic heterocycles. The van der Waals surface area contributed by atoms with Crippen molar-refractivity contribution in [2.45, 2.75) is 17.4 Å². The topological polar surface area (TPSA) is 44.1 Å². The third-order valence-electron chi connectivity index (χ3n) is 3.85. The predicted octanol–water partition coefficient (Wildman–Crippen LogP) is 3.41. The van der Waals surface area contributed by atoms with Crippen molar-refractivity contribution < 1.29 is 4.79 Å². The van der Waals surface area contributed by atoms with Crippen molar-refractivity contribution in [3.05, 3.63) is 65.2 Å². The van der Waals surface area contributed by atoms with Gasteiger partial charge in [-0.05, 0) is 29.3 Å². The fourth-order valence-electron chi connectivity index (χ4n) is 2.72. The highest BCUT2D eigenvalue weighted by Gasteiger charge is 2.30. The molecule has 2 aromatic carbocycles. The Kier molecular flexibility index (Phi) is 4.17. The molecule has 0 bridgehead atoms. The Bertz CT molecular complexity index is 751. The van der Waals surface area contributed by atoms with Crippen LogP contribution in [0.1, 0.15) is 22.6 Å². The summed E-state index contributed by atoms with van der Waals surface area (Å²) in [5, 5.41) is 8.95. The van der Waals surface area contributed by atoms with Crippen LogP contribution < -0.4 is 0 Å². The van der Waals surface area contributed by atoms with E-state index in [-0.39, 0.29) is 11.8 Å². The highest BCUT2D eigenvalue weighted by Crippen LogP contribution is 2.40. The van der Waals surface area contributed by atoms with Gasteiger partial charge in [0.1, 0.15) is 0 Å². The molecule has 1 heterocycles. The van der Waals surface area contributed by atoms with E-state index in [1.165, 1.54) is 4.90 Å². The predicted molar refractivity (Wildman–Crippen MR) is 87.5 cm³/mol. The maximum atomic E-state index is 12.7. The molecule has 0 aromatic heterocycles. The van der Waals surface area contributed by atoms with Crippen LogP contribution in [0.25, 0.3) is 0 Å². The molecule has 0 N–H and O–H groups in total. The summed E-state index contributed by atoms with van der Waals surface area (Å²) in [6.07, 6.45) is 0. The number of thioether (sulfide) groups is 1. The lowest BCUT2D eigenvalue weighted by Gasteiger charge is -2.21. The van der Waals surface area contributed by atoms with E-state index in [1.807, 2.05) is 43.4 Å². The zero-order chi connectivity index (χ0) is 15.5. The van der Waals surface area contributed by atoms with Gasteiger partial charge in [-0.25, -0.2) is 0 Å². The van der Waals surface area contributed by atoms with Gasteiger partial charge in [-0.15, -0.1) is 11.8 Å². The lowest BCUT2D eigenvalue weighted by molar-refractivity contribution is -0.131. The first-order valence-corrected chi connectivity index (χ1v) is 8.13. The summed E-state index contributed by atoms with van der Waals surface area (Å²) in [5.41, 5.74) is 2.74. The molecule has 0 fully saturated rings. The Morgan fingerprint density at radius 3 is 2.95 bits per heavy atom. The number of rotatable bonds is 3. The van der Waals surface area contributed by atoms with Crippen LogP contribution in [0.3, 0.4) is 0 Å². The molecule has 3 rings (SSSR count). The summed E-state index contributed by atoms with van der Waals surface area (Å²) in [4.78, 5) is 15.7. The van der Waals surface area contributed by atoms with Gasteiger partial charge in [-0.3, -0.25) is 4.79 Å². The first-order chi connectivity index (χ1) is 10.7. The van der Waals surface area contributed by atoms with Crippen LogP contribution in [-0.2, 0) is 11.3 Å². The third-order valence-corrected chi connectivity index (χ3v) is 5.03. The van der Waals surface area contributed by atoms with E-state index in [4.69, 9.17) is 5.26 Å².